The number of aryl methyl sites for hydroxylation is 1. The van der Waals surface area contributed by atoms with E-state index < -0.39 is 0 Å². The zero-order valence-corrected chi connectivity index (χ0v) is 11.8. The summed E-state index contributed by atoms with van der Waals surface area (Å²) in [6.45, 7) is 4.44. The monoisotopic (exact) mass is 254 g/mol. The SMILES string of the molecule is CCc1ccc(CC(C)(CO)c2ccccc2)cc1. The van der Waals surface area contributed by atoms with Crippen LogP contribution in [0.25, 0.3) is 0 Å². The Bertz CT molecular complexity index is 501. The first-order valence-corrected chi connectivity index (χ1v) is 6.92. The lowest BCUT2D eigenvalue weighted by molar-refractivity contribution is 0.204. The highest BCUT2D eigenvalue weighted by atomic mass is 16.3. The van der Waals surface area contributed by atoms with Crippen LogP contribution in [0.15, 0.2) is 54.6 Å². The Morgan fingerprint density at radius 1 is 0.895 bits per heavy atom. The first-order valence-electron chi connectivity index (χ1n) is 6.92. The van der Waals surface area contributed by atoms with Crippen LogP contribution >= 0.6 is 0 Å². The molecule has 1 nitrogen and oxygen atoms in total. The standard InChI is InChI=1S/C18H22O/c1-3-15-9-11-16(12-10-15)13-18(2,14-19)17-7-5-4-6-8-17/h4-12,19H,3,13-14H2,1-2H3. The summed E-state index contributed by atoms with van der Waals surface area (Å²) in [5.41, 5.74) is 3.61. The first kappa shape index (κ1) is 13.8. The fourth-order valence-electron chi connectivity index (χ4n) is 2.43. The lowest BCUT2D eigenvalue weighted by Gasteiger charge is -2.28. The van der Waals surface area contributed by atoms with Gasteiger partial charge < -0.3 is 5.11 Å². The smallest absolute Gasteiger partial charge is 0.0528 e. The second-order valence-corrected chi connectivity index (χ2v) is 5.43. The fourth-order valence-corrected chi connectivity index (χ4v) is 2.43. The molecule has 0 radical (unpaired) electrons. The van der Waals surface area contributed by atoms with Crippen LogP contribution in [0.1, 0.15) is 30.5 Å². The molecule has 0 aliphatic carbocycles. The third-order valence-electron chi connectivity index (χ3n) is 3.85. The molecule has 0 saturated heterocycles. The molecule has 100 valence electrons. The molecule has 0 aliphatic heterocycles. The van der Waals surface area contributed by atoms with Crippen molar-refractivity contribution in [2.75, 3.05) is 6.61 Å². The molecular weight excluding hydrogens is 232 g/mol. The molecule has 1 unspecified atom stereocenters. The van der Waals surface area contributed by atoms with E-state index >= 15 is 0 Å². The summed E-state index contributed by atoms with van der Waals surface area (Å²) in [7, 11) is 0. The molecule has 0 fully saturated rings. The molecule has 1 heteroatoms. The molecule has 19 heavy (non-hydrogen) atoms. The molecule has 1 N–H and O–H groups in total. The van der Waals surface area contributed by atoms with Crippen molar-refractivity contribution < 1.29 is 5.11 Å². The molecule has 0 aliphatic rings. The lowest BCUT2D eigenvalue weighted by Crippen LogP contribution is -2.29. The maximum atomic E-state index is 9.80. The van der Waals surface area contributed by atoms with Crippen molar-refractivity contribution in [3.63, 3.8) is 0 Å². The fraction of sp³-hybridized carbons (Fsp3) is 0.333. The molecule has 0 spiro atoms. The van der Waals surface area contributed by atoms with Crippen LogP contribution in [0.5, 0.6) is 0 Å². The predicted molar refractivity (Wildman–Crippen MR) is 80.4 cm³/mol. The van der Waals surface area contributed by atoms with Crippen LogP contribution in [0.4, 0.5) is 0 Å². The number of aliphatic hydroxyl groups is 1. The lowest BCUT2D eigenvalue weighted by atomic mass is 9.78. The zero-order valence-electron chi connectivity index (χ0n) is 11.8. The van der Waals surface area contributed by atoms with Gasteiger partial charge in [0, 0.05) is 5.41 Å². The van der Waals surface area contributed by atoms with Gasteiger partial charge >= 0.3 is 0 Å². The molecule has 2 aromatic rings. The maximum absolute atomic E-state index is 9.80. The summed E-state index contributed by atoms with van der Waals surface area (Å²) in [6.07, 6.45) is 1.92. The minimum Gasteiger partial charge on any atom is -0.395 e. The number of hydrogen-bond donors (Lipinski definition) is 1. The minimum atomic E-state index is -0.213. The molecule has 2 rings (SSSR count). The van der Waals surface area contributed by atoms with Crippen LogP contribution in [-0.2, 0) is 18.3 Å². The first-order chi connectivity index (χ1) is 9.18. The highest BCUT2D eigenvalue weighted by Crippen LogP contribution is 2.27. The van der Waals surface area contributed by atoms with Crippen molar-refractivity contribution >= 4 is 0 Å². The average molecular weight is 254 g/mol. The van der Waals surface area contributed by atoms with E-state index in [-0.39, 0.29) is 12.0 Å². The van der Waals surface area contributed by atoms with E-state index in [1.165, 1.54) is 16.7 Å². The van der Waals surface area contributed by atoms with Crippen molar-refractivity contribution in [1.29, 1.82) is 0 Å². The molecule has 1 atom stereocenters. The number of rotatable bonds is 5. The molecule has 0 saturated carbocycles. The van der Waals surface area contributed by atoms with E-state index in [1.807, 2.05) is 18.2 Å². The summed E-state index contributed by atoms with van der Waals surface area (Å²) >= 11 is 0. The Balaban J connectivity index is 2.22. The maximum Gasteiger partial charge on any atom is 0.0528 e. The Labute approximate surface area is 115 Å². The normalized spacial score (nSPS) is 14.1. The number of aliphatic hydroxyl groups excluding tert-OH is 1. The third kappa shape index (κ3) is 3.24. The van der Waals surface area contributed by atoms with Crippen LogP contribution in [0.2, 0.25) is 0 Å². The van der Waals surface area contributed by atoms with Crippen molar-refractivity contribution in [2.24, 2.45) is 0 Å². The van der Waals surface area contributed by atoms with Crippen LogP contribution in [-0.4, -0.2) is 11.7 Å². The Hall–Kier alpha value is -1.60. The topological polar surface area (TPSA) is 20.2 Å². The molecular formula is C18H22O. The molecule has 0 aromatic heterocycles. The van der Waals surface area contributed by atoms with Crippen molar-refractivity contribution in [3.8, 4) is 0 Å². The van der Waals surface area contributed by atoms with Gasteiger partial charge in [0.2, 0.25) is 0 Å². The van der Waals surface area contributed by atoms with E-state index in [9.17, 15) is 5.11 Å². The Morgan fingerprint density at radius 2 is 1.47 bits per heavy atom. The van der Waals surface area contributed by atoms with Crippen molar-refractivity contribution in [1.82, 2.24) is 0 Å². The molecule has 0 bridgehead atoms. The highest BCUT2D eigenvalue weighted by molar-refractivity contribution is 5.30. The van der Waals surface area contributed by atoms with Crippen LogP contribution in [0.3, 0.4) is 0 Å². The quantitative estimate of drug-likeness (QED) is 0.861. The number of benzene rings is 2. The van der Waals surface area contributed by atoms with Gasteiger partial charge in [-0.25, -0.2) is 0 Å². The summed E-state index contributed by atoms with van der Waals surface area (Å²) in [5, 5.41) is 9.80. The molecule has 0 amide bonds. The van der Waals surface area contributed by atoms with E-state index in [1.54, 1.807) is 0 Å². The van der Waals surface area contributed by atoms with Gasteiger partial charge in [-0.05, 0) is 29.5 Å². The van der Waals surface area contributed by atoms with E-state index in [2.05, 4.69) is 50.2 Å². The van der Waals surface area contributed by atoms with Gasteiger partial charge in [-0.3, -0.25) is 0 Å². The second kappa shape index (κ2) is 6.03. The predicted octanol–water partition coefficient (Wildman–Crippen LogP) is 3.74. The minimum absolute atomic E-state index is 0.159. The highest BCUT2D eigenvalue weighted by Gasteiger charge is 2.25. The van der Waals surface area contributed by atoms with Crippen LogP contribution in [0, 0.1) is 0 Å². The van der Waals surface area contributed by atoms with Gasteiger partial charge in [0.1, 0.15) is 0 Å². The Morgan fingerprint density at radius 3 is 2.00 bits per heavy atom. The average Bonchev–Trinajstić information content (AvgIpc) is 2.49. The second-order valence-electron chi connectivity index (χ2n) is 5.43. The van der Waals surface area contributed by atoms with Gasteiger partial charge in [0.15, 0.2) is 0 Å². The largest absolute Gasteiger partial charge is 0.395 e. The summed E-state index contributed by atoms with van der Waals surface area (Å²) < 4.78 is 0. The Kier molecular flexibility index (Phi) is 4.39. The zero-order chi connectivity index (χ0) is 13.7. The van der Waals surface area contributed by atoms with Crippen LogP contribution < -0.4 is 0 Å². The van der Waals surface area contributed by atoms with Crippen molar-refractivity contribution in [2.45, 2.75) is 32.1 Å². The molecule has 2 aromatic carbocycles. The van der Waals surface area contributed by atoms with Gasteiger partial charge in [-0.15, -0.1) is 0 Å². The van der Waals surface area contributed by atoms with E-state index in [4.69, 9.17) is 0 Å². The third-order valence-corrected chi connectivity index (χ3v) is 3.85. The van der Waals surface area contributed by atoms with E-state index in [0.717, 1.165) is 12.8 Å². The van der Waals surface area contributed by atoms with Crippen molar-refractivity contribution in [3.05, 3.63) is 71.3 Å². The summed E-state index contributed by atoms with van der Waals surface area (Å²) in [6, 6.07) is 19.0. The van der Waals surface area contributed by atoms with Gasteiger partial charge in [-0.2, -0.15) is 0 Å². The van der Waals surface area contributed by atoms with Gasteiger partial charge in [0.05, 0.1) is 6.61 Å². The van der Waals surface area contributed by atoms with Gasteiger partial charge in [-0.1, -0.05) is 68.4 Å². The van der Waals surface area contributed by atoms with E-state index in [0.29, 0.717) is 0 Å². The molecule has 0 heterocycles. The summed E-state index contributed by atoms with van der Waals surface area (Å²) in [5.74, 6) is 0. The summed E-state index contributed by atoms with van der Waals surface area (Å²) in [4.78, 5) is 0. The van der Waals surface area contributed by atoms with Gasteiger partial charge in [0.25, 0.3) is 0 Å². The number of hydrogen-bond acceptors (Lipinski definition) is 1.